The van der Waals surface area contributed by atoms with Gasteiger partial charge in [-0.2, -0.15) is 5.26 Å². The predicted octanol–water partition coefficient (Wildman–Crippen LogP) is 0.980. The minimum absolute atomic E-state index is 0.00725. The van der Waals surface area contributed by atoms with E-state index < -0.39 is 11.5 Å². The Balaban J connectivity index is 2.32. The standard InChI is InChI=1S/C15H11N3O3/c1-8-6-11-13(15(19)20-8)12(9-2-4-18-5-3-9)10(7-16)14(17)21-11/h2-6,12H,17H2,1H3/p+1. The lowest BCUT2D eigenvalue weighted by molar-refractivity contribution is -0.378. The summed E-state index contributed by atoms with van der Waals surface area (Å²) in [6, 6.07) is 7.18. The summed E-state index contributed by atoms with van der Waals surface area (Å²) in [4.78, 5) is 15.1. The van der Waals surface area contributed by atoms with Gasteiger partial charge in [-0.3, -0.25) is 0 Å². The van der Waals surface area contributed by atoms with Gasteiger partial charge in [-0.25, -0.2) is 9.78 Å². The fourth-order valence-corrected chi connectivity index (χ4v) is 2.44. The molecule has 1 aliphatic heterocycles. The highest BCUT2D eigenvalue weighted by Gasteiger charge is 2.34. The van der Waals surface area contributed by atoms with Crippen molar-refractivity contribution in [3.63, 3.8) is 0 Å². The summed E-state index contributed by atoms with van der Waals surface area (Å²) in [5, 5.41) is 9.36. The lowest BCUT2D eigenvalue weighted by atomic mass is 9.85. The Hall–Kier alpha value is -3.07. The predicted molar refractivity (Wildman–Crippen MR) is 72.0 cm³/mol. The smallest absolute Gasteiger partial charge is 0.343 e. The highest BCUT2D eigenvalue weighted by molar-refractivity contribution is 5.54. The van der Waals surface area contributed by atoms with Gasteiger partial charge in [0, 0.05) is 18.2 Å². The molecule has 0 fully saturated rings. The lowest BCUT2D eigenvalue weighted by Crippen LogP contribution is -2.26. The first kappa shape index (κ1) is 12.9. The minimum Gasteiger partial charge on any atom is -0.440 e. The number of aromatic nitrogens is 1. The molecule has 2 aromatic rings. The van der Waals surface area contributed by atoms with Crippen molar-refractivity contribution in [3.8, 4) is 11.8 Å². The van der Waals surface area contributed by atoms with Crippen LogP contribution < -0.4 is 21.1 Å². The zero-order chi connectivity index (χ0) is 15.0. The molecule has 6 nitrogen and oxygen atoms in total. The summed E-state index contributed by atoms with van der Waals surface area (Å²) in [6.07, 6.45) is 3.43. The maximum atomic E-state index is 12.2. The molecule has 1 unspecified atom stereocenters. The van der Waals surface area contributed by atoms with Crippen LogP contribution >= 0.6 is 0 Å². The van der Waals surface area contributed by atoms with Crippen LogP contribution in [0.15, 0.2) is 51.3 Å². The number of fused-ring (bicyclic) bond motifs is 1. The summed E-state index contributed by atoms with van der Waals surface area (Å²) in [5.41, 5.74) is 6.55. The van der Waals surface area contributed by atoms with E-state index in [1.807, 2.05) is 6.07 Å². The van der Waals surface area contributed by atoms with Gasteiger partial charge in [-0.05, 0) is 12.5 Å². The second kappa shape index (κ2) is 4.80. The number of aromatic amines is 1. The number of allylic oxidation sites excluding steroid dienone is 1. The largest absolute Gasteiger partial charge is 0.440 e. The molecule has 0 saturated carbocycles. The molecule has 2 aromatic heterocycles. The van der Waals surface area contributed by atoms with Crippen LogP contribution in [0.1, 0.15) is 22.8 Å². The van der Waals surface area contributed by atoms with Crippen LogP contribution in [0.25, 0.3) is 0 Å². The maximum absolute atomic E-state index is 12.2. The second-order valence-corrected chi connectivity index (χ2v) is 4.68. The molecular weight excluding hydrogens is 270 g/mol. The van der Waals surface area contributed by atoms with Gasteiger partial charge in [0.15, 0.2) is 12.4 Å². The molecule has 3 N–H and O–H groups in total. The van der Waals surface area contributed by atoms with Crippen molar-refractivity contribution in [2.45, 2.75) is 12.8 Å². The van der Waals surface area contributed by atoms with Crippen molar-refractivity contribution in [2.24, 2.45) is 5.73 Å². The van der Waals surface area contributed by atoms with Crippen LogP contribution in [0.5, 0.6) is 5.75 Å². The van der Waals surface area contributed by atoms with E-state index in [4.69, 9.17) is 14.9 Å². The van der Waals surface area contributed by atoms with Crippen LogP contribution in [0.2, 0.25) is 0 Å². The average molecular weight is 282 g/mol. The lowest BCUT2D eigenvalue weighted by Gasteiger charge is -2.24. The van der Waals surface area contributed by atoms with Gasteiger partial charge >= 0.3 is 5.63 Å². The number of ether oxygens (including phenoxy) is 1. The first-order chi connectivity index (χ1) is 10.1. The van der Waals surface area contributed by atoms with Crippen LogP contribution in [-0.4, -0.2) is 0 Å². The third-order valence-corrected chi connectivity index (χ3v) is 3.33. The third kappa shape index (κ3) is 2.05. The molecule has 0 amide bonds. The van der Waals surface area contributed by atoms with Gasteiger partial charge in [0.05, 0.1) is 11.5 Å². The van der Waals surface area contributed by atoms with E-state index in [9.17, 15) is 10.1 Å². The zero-order valence-electron chi connectivity index (χ0n) is 11.2. The summed E-state index contributed by atoms with van der Waals surface area (Å²) in [7, 11) is 0. The number of nitriles is 1. The number of nitrogens with zero attached hydrogens (tertiary/aromatic N) is 1. The first-order valence-electron chi connectivity index (χ1n) is 6.30. The van der Waals surface area contributed by atoms with Crippen LogP contribution in [0, 0.1) is 18.3 Å². The molecule has 1 atom stereocenters. The normalized spacial score (nSPS) is 16.9. The van der Waals surface area contributed by atoms with Crippen molar-refractivity contribution in [3.05, 3.63) is 69.4 Å². The monoisotopic (exact) mass is 282 g/mol. The Morgan fingerprint density at radius 3 is 2.76 bits per heavy atom. The van der Waals surface area contributed by atoms with Crippen molar-refractivity contribution >= 4 is 0 Å². The molecule has 21 heavy (non-hydrogen) atoms. The van der Waals surface area contributed by atoms with Crippen molar-refractivity contribution in [1.82, 2.24) is 0 Å². The number of H-pyrrole nitrogens is 1. The number of nitrogens with two attached hydrogens (primary N) is 1. The summed E-state index contributed by atoms with van der Waals surface area (Å²) >= 11 is 0. The fraction of sp³-hybridized carbons (Fsp3) is 0.133. The van der Waals surface area contributed by atoms with Gasteiger partial charge < -0.3 is 14.9 Å². The molecule has 0 radical (unpaired) electrons. The number of nitrogens with one attached hydrogen (secondary N) is 1. The van der Waals surface area contributed by atoms with Crippen LogP contribution in [-0.2, 0) is 0 Å². The Kier molecular flexibility index (Phi) is 2.95. The van der Waals surface area contributed by atoms with E-state index >= 15 is 0 Å². The first-order valence-corrected chi connectivity index (χ1v) is 6.30. The molecule has 0 spiro atoms. The Morgan fingerprint density at radius 1 is 1.38 bits per heavy atom. The number of aryl methyl sites for hydroxylation is 1. The summed E-state index contributed by atoms with van der Waals surface area (Å²) < 4.78 is 10.6. The topological polar surface area (TPSA) is 103 Å². The SMILES string of the molecule is Cc1cc2c(c(=O)o1)C(c1cc[nH+]cc1)C(C#N)=C(N)O2. The molecule has 1 aliphatic rings. The van der Waals surface area contributed by atoms with E-state index in [2.05, 4.69) is 4.98 Å². The fourth-order valence-electron chi connectivity index (χ4n) is 2.44. The van der Waals surface area contributed by atoms with Gasteiger partial charge in [0.1, 0.15) is 23.2 Å². The Morgan fingerprint density at radius 2 is 2.10 bits per heavy atom. The second-order valence-electron chi connectivity index (χ2n) is 4.68. The van der Waals surface area contributed by atoms with E-state index in [1.54, 1.807) is 37.5 Å². The molecule has 0 aromatic carbocycles. The van der Waals surface area contributed by atoms with Gasteiger partial charge in [0.25, 0.3) is 0 Å². The van der Waals surface area contributed by atoms with Gasteiger partial charge in [0.2, 0.25) is 5.88 Å². The van der Waals surface area contributed by atoms with E-state index in [0.717, 1.165) is 5.56 Å². The van der Waals surface area contributed by atoms with Gasteiger partial charge in [-0.15, -0.1) is 0 Å². The Labute approximate surface area is 120 Å². The highest BCUT2D eigenvalue weighted by atomic mass is 16.5. The van der Waals surface area contributed by atoms with Crippen LogP contribution in [0.4, 0.5) is 0 Å². The molecule has 3 heterocycles. The average Bonchev–Trinajstić information content (AvgIpc) is 2.46. The molecule has 0 saturated heterocycles. The van der Waals surface area contributed by atoms with Gasteiger partial charge in [-0.1, -0.05) is 0 Å². The summed E-state index contributed by atoms with van der Waals surface area (Å²) in [5.74, 6) is 0.170. The number of hydrogen-bond donors (Lipinski definition) is 1. The minimum atomic E-state index is -0.592. The molecule has 3 rings (SSSR count). The molecular formula is C15H12N3O3+. The third-order valence-electron chi connectivity index (χ3n) is 3.33. The molecule has 0 aliphatic carbocycles. The maximum Gasteiger partial charge on any atom is 0.343 e. The van der Waals surface area contributed by atoms with Crippen molar-refractivity contribution in [2.75, 3.05) is 0 Å². The van der Waals surface area contributed by atoms with E-state index in [1.165, 1.54) is 0 Å². The van der Waals surface area contributed by atoms with Crippen molar-refractivity contribution in [1.29, 1.82) is 5.26 Å². The van der Waals surface area contributed by atoms with Crippen LogP contribution in [0.3, 0.4) is 0 Å². The quantitative estimate of drug-likeness (QED) is 0.839. The van der Waals surface area contributed by atoms with E-state index in [0.29, 0.717) is 11.5 Å². The van der Waals surface area contributed by atoms with Crippen molar-refractivity contribution < 1.29 is 14.1 Å². The molecule has 104 valence electrons. The Bertz CT molecular complexity index is 831. The number of rotatable bonds is 1. The number of hydrogen-bond acceptors (Lipinski definition) is 5. The molecule has 0 bridgehead atoms. The van der Waals surface area contributed by atoms with E-state index in [-0.39, 0.29) is 17.0 Å². The molecule has 6 heteroatoms. The summed E-state index contributed by atoms with van der Waals surface area (Å²) in [6.45, 7) is 1.65. The zero-order valence-corrected chi connectivity index (χ0v) is 11.2. The number of pyridine rings is 1. The highest BCUT2D eigenvalue weighted by Crippen LogP contribution is 2.39.